The van der Waals surface area contributed by atoms with Crippen LogP contribution in [0.15, 0.2) is 22.9 Å². The number of nitrogens with one attached hydrogen (secondary N) is 1. The lowest BCUT2D eigenvalue weighted by molar-refractivity contribution is -0.120. The number of nitrogens with two attached hydrogens (primary N) is 1. The maximum absolute atomic E-state index is 12.1. The molecule has 3 N–H and O–H groups in total. The SMILES string of the molecule is NC1CCCC(C(=O)Nc2cccnc2Br)C1. The first kappa shape index (κ1) is 12.5. The molecular formula is C12H16BrN3O. The molecule has 92 valence electrons. The number of carbonyl (C=O) groups is 1. The highest BCUT2D eigenvalue weighted by Crippen LogP contribution is 2.26. The van der Waals surface area contributed by atoms with Crippen LogP contribution in [0.2, 0.25) is 0 Å². The van der Waals surface area contributed by atoms with Gasteiger partial charge < -0.3 is 11.1 Å². The Kier molecular flexibility index (Phi) is 4.12. The average molecular weight is 298 g/mol. The summed E-state index contributed by atoms with van der Waals surface area (Å²) in [6.07, 6.45) is 5.45. The van der Waals surface area contributed by atoms with Gasteiger partial charge in [0, 0.05) is 18.2 Å². The van der Waals surface area contributed by atoms with Gasteiger partial charge in [-0.25, -0.2) is 4.98 Å². The van der Waals surface area contributed by atoms with Crippen molar-refractivity contribution in [1.82, 2.24) is 4.98 Å². The highest BCUT2D eigenvalue weighted by atomic mass is 79.9. The molecule has 1 aromatic heterocycles. The zero-order valence-electron chi connectivity index (χ0n) is 9.53. The first-order chi connectivity index (χ1) is 8.16. The van der Waals surface area contributed by atoms with Crippen LogP contribution in [-0.4, -0.2) is 16.9 Å². The summed E-state index contributed by atoms with van der Waals surface area (Å²) in [5.41, 5.74) is 6.60. The molecule has 2 atom stereocenters. The number of anilines is 1. The Morgan fingerprint density at radius 2 is 2.35 bits per heavy atom. The van der Waals surface area contributed by atoms with E-state index < -0.39 is 0 Å². The fourth-order valence-corrected chi connectivity index (χ4v) is 2.53. The van der Waals surface area contributed by atoms with Crippen molar-refractivity contribution in [3.63, 3.8) is 0 Å². The van der Waals surface area contributed by atoms with E-state index in [1.54, 1.807) is 12.3 Å². The summed E-state index contributed by atoms with van der Waals surface area (Å²) in [5.74, 6) is 0.0831. The number of hydrogen-bond donors (Lipinski definition) is 2. The van der Waals surface area contributed by atoms with Crippen molar-refractivity contribution in [3.05, 3.63) is 22.9 Å². The lowest BCUT2D eigenvalue weighted by Gasteiger charge is -2.25. The number of carbonyl (C=O) groups excluding carboxylic acids is 1. The smallest absolute Gasteiger partial charge is 0.227 e. The van der Waals surface area contributed by atoms with Crippen molar-refractivity contribution in [2.75, 3.05) is 5.32 Å². The van der Waals surface area contributed by atoms with Gasteiger partial charge >= 0.3 is 0 Å². The van der Waals surface area contributed by atoms with Gasteiger partial charge in [0.05, 0.1) is 5.69 Å². The summed E-state index contributed by atoms with van der Waals surface area (Å²) < 4.78 is 0.661. The van der Waals surface area contributed by atoms with Crippen LogP contribution in [0.3, 0.4) is 0 Å². The number of nitrogens with zero attached hydrogens (tertiary/aromatic N) is 1. The Balaban J connectivity index is 1.99. The molecule has 0 radical (unpaired) electrons. The van der Waals surface area contributed by atoms with E-state index in [1.165, 1.54) is 0 Å². The highest BCUT2D eigenvalue weighted by Gasteiger charge is 2.25. The molecule has 1 fully saturated rings. The highest BCUT2D eigenvalue weighted by molar-refractivity contribution is 9.10. The van der Waals surface area contributed by atoms with Crippen molar-refractivity contribution in [3.8, 4) is 0 Å². The summed E-state index contributed by atoms with van der Waals surface area (Å²) >= 11 is 3.31. The van der Waals surface area contributed by atoms with Gasteiger partial charge in [0.1, 0.15) is 4.60 Å². The molecule has 2 unspecified atom stereocenters. The second kappa shape index (κ2) is 5.60. The Bertz CT molecular complexity index is 410. The van der Waals surface area contributed by atoms with Crippen molar-refractivity contribution in [1.29, 1.82) is 0 Å². The molecule has 17 heavy (non-hydrogen) atoms. The standard InChI is InChI=1S/C12H16BrN3O/c13-11-10(5-2-6-15-11)16-12(17)8-3-1-4-9(14)7-8/h2,5-6,8-9H,1,3-4,7,14H2,(H,16,17). The Morgan fingerprint density at radius 1 is 1.53 bits per heavy atom. The molecule has 5 heteroatoms. The summed E-state index contributed by atoms with van der Waals surface area (Å²) in [6, 6.07) is 3.79. The summed E-state index contributed by atoms with van der Waals surface area (Å²) in [6.45, 7) is 0. The molecule has 0 bridgehead atoms. The second-order valence-electron chi connectivity index (χ2n) is 4.45. The molecule has 2 rings (SSSR count). The monoisotopic (exact) mass is 297 g/mol. The molecular weight excluding hydrogens is 282 g/mol. The molecule has 1 heterocycles. The van der Waals surface area contributed by atoms with Crippen LogP contribution in [0.4, 0.5) is 5.69 Å². The average Bonchev–Trinajstić information content (AvgIpc) is 2.32. The molecule has 0 aromatic carbocycles. The minimum Gasteiger partial charge on any atom is -0.328 e. The lowest BCUT2D eigenvalue weighted by Crippen LogP contribution is -2.34. The van der Waals surface area contributed by atoms with E-state index in [4.69, 9.17) is 5.73 Å². The van der Waals surface area contributed by atoms with Crippen LogP contribution in [0, 0.1) is 5.92 Å². The first-order valence-electron chi connectivity index (χ1n) is 5.84. The van der Waals surface area contributed by atoms with E-state index in [0.29, 0.717) is 4.60 Å². The fraction of sp³-hybridized carbons (Fsp3) is 0.500. The third kappa shape index (κ3) is 3.26. The molecule has 0 saturated heterocycles. The van der Waals surface area contributed by atoms with Crippen molar-refractivity contribution >= 4 is 27.5 Å². The van der Waals surface area contributed by atoms with E-state index in [-0.39, 0.29) is 17.9 Å². The maximum Gasteiger partial charge on any atom is 0.227 e. The molecule has 1 aliphatic rings. The molecule has 1 aromatic rings. The van der Waals surface area contributed by atoms with Gasteiger partial charge in [-0.3, -0.25) is 4.79 Å². The number of rotatable bonds is 2. The normalized spacial score (nSPS) is 24.4. The molecule has 0 aliphatic heterocycles. The van der Waals surface area contributed by atoms with Crippen LogP contribution in [0.1, 0.15) is 25.7 Å². The van der Waals surface area contributed by atoms with Gasteiger partial charge in [0.15, 0.2) is 0 Å². The predicted molar refractivity (Wildman–Crippen MR) is 70.5 cm³/mol. The Morgan fingerprint density at radius 3 is 3.06 bits per heavy atom. The fourth-order valence-electron chi connectivity index (χ4n) is 2.18. The van der Waals surface area contributed by atoms with Gasteiger partial charge in [-0.05, 0) is 47.3 Å². The molecule has 1 aliphatic carbocycles. The largest absolute Gasteiger partial charge is 0.328 e. The van der Waals surface area contributed by atoms with Gasteiger partial charge in [0.2, 0.25) is 5.91 Å². The van der Waals surface area contributed by atoms with Gasteiger partial charge in [-0.15, -0.1) is 0 Å². The van der Waals surface area contributed by atoms with Gasteiger partial charge in [-0.2, -0.15) is 0 Å². The molecule has 1 saturated carbocycles. The quantitative estimate of drug-likeness (QED) is 0.823. The van der Waals surface area contributed by atoms with Crippen molar-refractivity contribution in [2.45, 2.75) is 31.7 Å². The van der Waals surface area contributed by atoms with Crippen LogP contribution >= 0.6 is 15.9 Å². The Labute approximate surface area is 109 Å². The van der Waals surface area contributed by atoms with Crippen molar-refractivity contribution in [2.24, 2.45) is 11.7 Å². The predicted octanol–water partition coefficient (Wildman–Crippen LogP) is 2.30. The minimum atomic E-state index is 0.0332. The third-order valence-electron chi connectivity index (χ3n) is 3.10. The zero-order chi connectivity index (χ0) is 12.3. The van der Waals surface area contributed by atoms with E-state index in [9.17, 15) is 4.79 Å². The minimum absolute atomic E-state index is 0.0332. The number of hydrogen-bond acceptors (Lipinski definition) is 3. The topological polar surface area (TPSA) is 68.0 Å². The number of amides is 1. The second-order valence-corrected chi connectivity index (χ2v) is 5.21. The van der Waals surface area contributed by atoms with E-state index in [1.807, 2.05) is 6.07 Å². The van der Waals surface area contributed by atoms with E-state index in [2.05, 4.69) is 26.2 Å². The number of halogens is 1. The summed E-state index contributed by atoms with van der Waals surface area (Å²) in [5, 5.41) is 2.90. The van der Waals surface area contributed by atoms with Crippen LogP contribution in [-0.2, 0) is 4.79 Å². The van der Waals surface area contributed by atoms with Crippen LogP contribution < -0.4 is 11.1 Å². The van der Waals surface area contributed by atoms with E-state index >= 15 is 0 Å². The van der Waals surface area contributed by atoms with Gasteiger partial charge in [0.25, 0.3) is 0 Å². The van der Waals surface area contributed by atoms with Crippen LogP contribution in [0.5, 0.6) is 0 Å². The third-order valence-corrected chi connectivity index (χ3v) is 3.73. The molecule has 0 spiro atoms. The van der Waals surface area contributed by atoms with Crippen molar-refractivity contribution < 1.29 is 4.79 Å². The lowest BCUT2D eigenvalue weighted by atomic mass is 9.85. The summed E-state index contributed by atoms with van der Waals surface area (Å²) in [7, 11) is 0. The van der Waals surface area contributed by atoms with E-state index in [0.717, 1.165) is 31.4 Å². The van der Waals surface area contributed by atoms with Gasteiger partial charge in [-0.1, -0.05) is 6.42 Å². The zero-order valence-corrected chi connectivity index (χ0v) is 11.1. The molecule has 1 amide bonds. The summed E-state index contributed by atoms with van der Waals surface area (Å²) in [4.78, 5) is 16.1. The molecule has 4 nitrogen and oxygen atoms in total. The number of aromatic nitrogens is 1. The Hall–Kier alpha value is -0.940. The van der Waals surface area contributed by atoms with Crippen LogP contribution in [0.25, 0.3) is 0 Å². The number of pyridine rings is 1. The first-order valence-corrected chi connectivity index (χ1v) is 6.63. The maximum atomic E-state index is 12.1.